The third kappa shape index (κ3) is 6.59. The molecule has 0 aliphatic rings. The minimum absolute atomic E-state index is 0.222. The number of nitrogens with zero attached hydrogens (tertiary/aromatic N) is 2. The summed E-state index contributed by atoms with van der Waals surface area (Å²) in [5.41, 5.74) is 3.55. The lowest BCUT2D eigenvalue weighted by Gasteiger charge is -2.09. The number of nitrogens with one attached hydrogen (secondary N) is 1. The van der Waals surface area contributed by atoms with Crippen LogP contribution in [0.15, 0.2) is 60.5 Å². The van der Waals surface area contributed by atoms with Crippen molar-refractivity contribution < 1.29 is 19.1 Å². The van der Waals surface area contributed by atoms with Crippen LogP contribution < -0.4 is 14.9 Å². The van der Waals surface area contributed by atoms with Crippen LogP contribution in [-0.2, 0) is 4.79 Å². The Morgan fingerprint density at radius 3 is 2.74 bits per heavy atom. The van der Waals surface area contributed by atoms with E-state index >= 15 is 0 Å². The highest BCUT2D eigenvalue weighted by molar-refractivity contribution is 8.00. The van der Waals surface area contributed by atoms with E-state index in [9.17, 15) is 9.59 Å². The molecule has 8 heteroatoms. The van der Waals surface area contributed by atoms with E-state index in [1.54, 1.807) is 36.4 Å². The van der Waals surface area contributed by atoms with Crippen molar-refractivity contribution in [2.75, 3.05) is 18.6 Å². The highest BCUT2D eigenvalue weighted by atomic mass is 32.2. The molecule has 0 saturated heterocycles. The maximum absolute atomic E-state index is 11.9. The number of carbonyl (C=O) groups excluding carboxylic acids is 2. The molecule has 2 aromatic rings. The van der Waals surface area contributed by atoms with Crippen molar-refractivity contribution in [3.05, 3.63) is 66.5 Å². The van der Waals surface area contributed by atoms with Gasteiger partial charge in [0.25, 0.3) is 5.91 Å². The Balaban J connectivity index is 1.97. The second-order valence-electron chi connectivity index (χ2n) is 5.12. The van der Waals surface area contributed by atoms with Crippen molar-refractivity contribution in [2.45, 2.75) is 0 Å². The molecule has 1 heterocycles. The molecule has 1 amide bonds. The van der Waals surface area contributed by atoms with Crippen LogP contribution in [0.1, 0.15) is 15.9 Å². The molecule has 1 aromatic heterocycles. The van der Waals surface area contributed by atoms with Gasteiger partial charge in [-0.1, -0.05) is 6.08 Å². The van der Waals surface area contributed by atoms with E-state index in [1.807, 2.05) is 0 Å². The lowest BCUT2D eigenvalue weighted by molar-refractivity contribution is -0.131. The lowest BCUT2D eigenvalue weighted by Crippen LogP contribution is -2.17. The number of ether oxygens (including phenoxy) is 2. The summed E-state index contributed by atoms with van der Waals surface area (Å²) in [6, 6.07) is 8.14. The van der Waals surface area contributed by atoms with E-state index in [0.717, 1.165) is 0 Å². The van der Waals surface area contributed by atoms with Crippen LogP contribution in [0.25, 0.3) is 0 Å². The van der Waals surface area contributed by atoms with E-state index in [4.69, 9.17) is 9.47 Å². The van der Waals surface area contributed by atoms with Gasteiger partial charge in [-0.2, -0.15) is 5.10 Å². The quantitative estimate of drug-likeness (QED) is 0.178. The van der Waals surface area contributed by atoms with Gasteiger partial charge in [0.1, 0.15) is 0 Å². The number of hydrazone groups is 1. The number of thioether (sulfide) groups is 1. The van der Waals surface area contributed by atoms with E-state index in [-0.39, 0.29) is 17.6 Å². The van der Waals surface area contributed by atoms with Gasteiger partial charge >= 0.3 is 5.97 Å². The van der Waals surface area contributed by atoms with Gasteiger partial charge in [-0.05, 0) is 35.9 Å². The smallest absolute Gasteiger partial charge is 0.321 e. The molecule has 0 aliphatic heterocycles. The predicted molar refractivity (Wildman–Crippen MR) is 105 cm³/mol. The number of methoxy groups -OCH3 is 1. The maximum Gasteiger partial charge on any atom is 0.321 e. The number of pyridine rings is 1. The molecule has 0 spiro atoms. The fraction of sp³-hybridized carbons (Fsp3) is 0.158. The number of hydrogen-bond donors (Lipinski definition) is 1. The van der Waals surface area contributed by atoms with Crippen molar-refractivity contribution in [3.8, 4) is 11.5 Å². The average Bonchev–Trinajstić information content (AvgIpc) is 2.69. The number of hydrogen-bond acceptors (Lipinski definition) is 7. The van der Waals surface area contributed by atoms with Crippen molar-refractivity contribution in [2.24, 2.45) is 5.10 Å². The Labute approximate surface area is 161 Å². The summed E-state index contributed by atoms with van der Waals surface area (Å²) in [6.07, 6.45) is 6.24. The minimum atomic E-state index is -0.369. The third-order valence-corrected chi connectivity index (χ3v) is 4.10. The normalized spacial score (nSPS) is 10.4. The van der Waals surface area contributed by atoms with Gasteiger partial charge in [0.05, 0.1) is 19.1 Å². The largest absolute Gasteiger partial charge is 0.493 e. The molecule has 0 atom stereocenters. The van der Waals surface area contributed by atoms with Crippen LogP contribution in [-0.4, -0.2) is 41.7 Å². The zero-order valence-corrected chi connectivity index (χ0v) is 15.6. The third-order valence-electron chi connectivity index (χ3n) is 3.19. The summed E-state index contributed by atoms with van der Waals surface area (Å²) in [5.74, 6) is 0.891. The number of benzene rings is 1. The van der Waals surface area contributed by atoms with Crippen molar-refractivity contribution >= 4 is 29.9 Å². The first-order valence-electron chi connectivity index (χ1n) is 7.95. The second-order valence-corrected chi connectivity index (χ2v) is 6.15. The van der Waals surface area contributed by atoms with Gasteiger partial charge in [-0.25, -0.2) is 5.43 Å². The first-order chi connectivity index (χ1) is 13.1. The molecule has 0 radical (unpaired) electrons. The molecule has 0 bridgehead atoms. The molecule has 0 saturated carbocycles. The standard InChI is InChI=1S/C19H19N3O4S/c1-3-10-27-13-18(23)26-16-5-4-14(11-17(16)25-2)12-21-22-19(24)15-6-8-20-9-7-15/h3-9,11-12H,1,10,13H2,2H3,(H,22,24)/b21-12-. The lowest BCUT2D eigenvalue weighted by atomic mass is 10.2. The van der Waals surface area contributed by atoms with Crippen LogP contribution in [0, 0.1) is 0 Å². The molecule has 1 N–H and O–H groups in total. The number of amides is 1. The first kappa shape index (κ1) is 20.2. The Morgan fingerprint density at radius 2 is 2.04 bits per heavy atom. The Kier molecular flexibility index (Phi) is 8.05. The SMILES string of the molecule is C=CCSCC(=O)Oc1ccc(/C=N\NC(=O)c2ccncc2)cc1OC. The summed E-state index contributed by atoms with van der Waals surface area (Å²) in [7, 11) is 1.48. The van der Waals surface area contributed by atoms with Crippen LogP contribution in [0.3, 0.4) is 0 Å². The van der Waals surface area contributed by atoms with Gasteiger partial charge in [0, 0.05) is 23.7 Å². The number of rotatable bonds is 9. The van der Waals surface area contributed by atoms with Gasteiger partial charge in [-0.15, -0.1) is 18.3 Å². The zero-order chi connectivity index (χ0) is 19.5. The topological polar surface area (TPSA) is 89.9 Å². The van der Waals surface area contributed by atoms with Gasteiger partial charge in [-0.3, -0.25) is 14.6 Å². The van der Waals surface area contributed by atoms with Crippen LogP contribution >= 0.6 is 11.8 Å². The molecule has 1 aromatic carbocycles. The van der Waals surface area contributed by atoms with E-state index < -0.39 is 0 Å². The van der Waals surface area contributed by atoms with Crippen molar-refractivity contribution in [1.82, 2.24) is 10.4 Å². The van der Waals surface area contributed by atoms with E-state index in [2.05, 4.69) is 22.1 Å². The molecule has 0 fully saturated rings. The molecule has 140 valence electrons. The van der Waals surface area contributed by atoms with Crippen molar-refractivity contribution in [1.29, 1.82) is 0 Å². The van der Waals surface area contributed by atoms with Gasteiger partial charge in [0.15, 0.2) is 11.5 Å². The highest BCUT2D eigenvalue weighted by Crippen LogP contribution is 2.28. The summed E-state index contributed by atoms with van der Waals surface area (Å²) in [4.78, 5) is 27.6. The summed E-state index contributed by atoms with van der Waals surface area (Å²) in [5, 5.41) is 3.91. The fourth-order valence-electron chi connectivity index (χ4n) is 1.96. The van der Waals surface area contributed by atoms with Gasteiger partial charge in [0.2, 0.25) is 0 Å². The monoisotopic (exact) mass is 385 g/mol. The summed E-state index contributed by atoms with van der Waals surface area (Å²) >= 11 is 1.41. The predicted octanol–water partition coefficient (Wildman–Crippen LogP) is 2.68. The van der Waals surface area contributed by atoms with Crippen molar-refractivity contribution in [3.63, 3.8) is 0 Å². The Hall–Kier alpha value is -3.13. The van der Waals surface area contributed by atoms with Crippen LogP contribution in [0.5, 0.6) is 11.5 Å². The molecule has 7 nitrogen and oxygen atoms in total. The number of aromatic nitrogens is 1. The van der Waals surface area contributed by atoms with E-state index in [0.29, 0.717) is 28.4 Å². The molecule has 27 heavy (non-hydrogen) atoms. The molecule has 2 rings (SSSR count). The summed E-state index contributed by atoms with van der Waals surface area (Å²) < 4.78 is 10.6. The first-order valence-corrected chi connectivity index (χ1v) is 9.10. The Bertz CT molecular complexity index is 825. The van der Waals surface area contributed by atoms with Crippen LogP contribution in [0.4, 0.5) is 0 Å². The Morgan fingerprint density at radius 1 is 1.26 bits per heavy atom. The molecular weight excluding hydrogens is 366 g/mol. The number of esters is 1. The van der Waals surface area contributed by atoms with Gasteiger partial charge < -0.3 is 9.47 Å². The molecular formula is C19H19N3O4S. The fourth-order valence-corrected chi connectivity index (χ4v) is 2.47. The maximum atomic E-state index is 11.9. The minimum Gasteiger partial charge on any atom is -0.493 e. The zero-order valence-electron chi connectivity index (χ0n) is 14.8. The molecule has 0 aliphatic carbocycles. The van der Waals surface area contributed by atoms with E-state index in [1.165, 1.54) is 37.5 Å². The average molecular weight is 385 g/mol. The highest BCUT2D eigenvalue weighted by Gasteiger charge is 2.10. The van der Waals surface area contributed by atoms with Crippen LogP contribution in [0.2, 0.25) is 0 Å². The summed E-state index contributed by atoms with van der Waals surface area (Å²) in [6.45, 7) is 3.60. The number of carbonyl (C=O) groups is 2. The second kappa shape index (κ2) is 10.8. The molecule has 0 unspecified atom stereocenters.